The number of nitrogens with zero attached hydrogens (tertiary/aromatic N) is 3. The van der Waals surface area contributed by atoms with Gasteiger partial charge in [-0.3, -0.25) is 9.78 Å². The maximum Gasteiger partial charge on any atom is 0.408 e. The summed E-state index contributed by atoms with van der Waals surface area (Å²) < 4.78 is 33.1. The van der Waals surface area contributed by atoms with Crippen molar-refractivity contribution in [3.05, 3.63) is 30.2 Å². The second-order valence-electron chi connectivity index (χ2n) is 8.66. The second-order valence-corrected chi connectivity index (χ2v) is 8.66. The van der Waals surface area contributed by atoms with Crippen LogP contribution in [-0.4, -0.2) is 32.4 Å². The Labute approximate surface area is 179 Å². The largest absolute Gasteiger partial charge is 0.444 e. The Morgan fingerprint density at radius 3 is 2.71 bits per heavy atom. The Kier molecular flexibility index (Phi) is 6.56. The number of rotatable bonds is 2. The fourth-order valence-corrected chi connectivity index (χ4v) is 3.45. The molecule has 0 unspecified atom stereocenters. The van der Waals surface area contributed by atoms with Crippen LogP contribution in [0.5, 0.6) is 0 Å². The van der Waals surface area contributed by atoms with Gasteiger partial charge in [0.2, 0.25) is 5.91 Å². The van der Waals surface area contributed by atoms with Crippen molar-refractivity contribution < 1.29 is 23.1 Å². The second kappa shape index (κ2) is 8.99. The molecule has 2 atom stereocenters. The number of aromatic nitrogens is 3. The molecule has 0 aliphatic carbocycles. The van der Waals surface area contributed by atoms with Gasteiger partial charge in [0.15, 0.2) is 0 Å². The Bertz CT molecular complexity index is 955. The Balaban J connectivity index is 2.04. The minimum absolute atomic E-state index is 0.0569. The zero-order chi connectivity index (χ0) is 22.8. The van der Waals surface area contributed by atoms with E-state index in [1.54, 1.807) is 40.0 Å². The number of hydrogen-bond acceptors (Lipinski definition) is 5. The number of fused-ring (bicyclic) bond motifs is 4. The standard InChI is InChI=1S/C21H27F2N5O3/c1-12-6-5-7-15(27-20(30)31-21(2,3)4)13-8-14(10-24-9-13)17-16(26-18(12)29)11-25-28(17)19(22)23/h8-12,15,19H,5-7H2,1-4H3,(H,26,29)(H,27,30)/t12-,15+/m1/s1. The molecule has 0 aromatic carbocycles. The first-order valence-corrected chi connectivity index (χ1v) is 10.2. The number of carbonyl (C=O) groups is 2. The van der Waals surface area contributed by atoms with Gasteiger partial charge in [0.25, 0.3) is 0 Å². The third-order valence-electron chi connectivity index (χ3n) is 4.94. The molecule has 3 heterocycles. The van der Waals surface area contributed by atoms with Crippen molar-refractivity contribution in [3.63, 3.8) is 0 Å². The molecule has 0 fully saturated rings. The molecular formula is C21H27F2N5O3. The smallest absolute Gasteiger partial charge is 0.408 e. The maximum absolute atomic E-state index is 13.6. The van der Waals surface area contributed by atoms with Gasteiger partial charge in [-0.25, -0.2) is 9.48 Å². The summed E-state index contributed by atoms with van der Waals surface area (Å²) in [5.74, 6) is -0.628. The molecule has 10 heteroatoms. The van der Waals surface area contributed by atoms with E-state index >= 15 is 0 Å². The van der Waals surface area contributed by atoms with Gasteiger partial charge in [-0.15, -0.1) is 0 Å². The van der Waals surface area contributed by atoms with E-state index in [0.717, 1.165) is 0 Å². The first kappa shape index (κ1) is 22.6. The number of halogens is 2. The summed E-state index contributed by atoms with van der Waals surface area (Å²) in [7, 11) is 0. The number of nitrogens with one attached hydrogen (secondary N) is 2. The lowest BCUT2D eigenvalue weighted by Crippen LogP contribution is -2.35. The molecule has 1 aliphatic rings. The molecule has 2 aromatic heterocycles. The average Bonchev–Trinajstić information content (AvgIpc) is 3.08. The third kappa shape index (κ3) is 5.56. The summed E-state index contributed by atoms with van der Waals surface area (Å²) in [6.45, 7) is 4.18. The van der Waals surface area contributed by atoms with Crippen molar-refractivity contribution in [3.8, 4) is 11.3 Å². The molecule has 8 nitrogen and oxygen atoms in total. The molecule has 31 heavy (non-hydrogen) atoms. The van der Waals surface area contributed by atoms with Gasteiger partial charge in [0, 0.05) is 23.9 Å². The van der Waals surface area contributed by atoms with Crippen LogP contribution in [0.2, 0.25) is 0 Å². The summed E-state index contributed by atoms with van der Waals surface area (Å²) in [5, 5.41) is 9.30. The van der Waals surface area contributed by atoms with Crippen molar-refractivity contribution in [1.82, 2.24) is 20.1 Å². The molecule has 2 amide bonds. The van der Waals surface area contributed by atoms with Gasteiger partial charge in [0.1, 0.15) is 5.60 Å². The van der Waals surface area contributed by atoms with Gasteiger partial charge in [-0.1, -0.05) is 13.3 Å². The van der Waals surface area contributed by atoms with Crippen LogP contribution in [-0.2, 0) is 9.53 Å². The van der Waals surface area contributed by atoms with Crippen molar-refractivity contribution in [2.24, 2.45) is 5.92 Å². The van der Waals surface area contributed by atoms with E-state index in [1.807, 2.05) is 0 Å². The highest BCUT2D eigenvalue weighted by molar-refractivity contribution is 5.95. The number of anilines is 1. The molecule has 0 radical (unpaired) electrons. The lowest BCUT2D eigenvalue weighted by atomic mass is 9.96. The van der Waals surface area contributed by atoms with Gasteiger partial charge in [-0.2, -0.15) is 13.9 Å². The number of carbonyl (C=O) groups excluding carboxylic acids is 2. The van der Waals surface area contributed by atoms with Gasteiger partial charge >= 0.3 is 12.6 Å². The predicted octanol–water partition coefficient (Wildman–Crippen LogP) is 4.66. The highest BCUT2D eigenvalue weighted by Crippen LogP contribution is 2.34. The number of pyridine rings is 1. The first-order valence-electron chi connectivity index (χ1n) is 10.2. The molecular weight excluding hydrogens is 408 g/mol. The van der Waals surface area contributed by atoms with Crippen LogP contribution in [0, 0.1) is 5.92 Å². The molecule has 0 saturated carbocycles. The number of alkyl carbamates (subject to hydrolysis) is 1. The van der Waals surface area contributed by atoms with Crippen molar-refractivity contribution in [2.45, 2.75) is 65.1 Å². The van der Waals surface area contributed by atoms with Crippen LogP contribution in [0.15, 0.2) is 24.7 Å². The summed E-state index contributed by atoms with van der Waals surface area (Å²) in [4.78, 5) is 29.1. The molecule has 0 saturated heterocycles. The quantitative estimate of drug-likeness (QED) is 0.715. The molecule has 0 spiro atoms. The number of alkyl halides is 2. The van der Waals surface area contributed by atoms with E-state index in [4.69, 9.17) is 4.74 Å². The van der Waals surface area contributed by atoms with Gasteiger partial charge < -0.3 is 15.4 Å². The van der Waals surface area contributed by atoms with Crippen LogP contribution in [0.25, 0.3) is 11.3 Å². The van der Waals surface area contributed by atoms with Crippen LogP contribution in [0.1, 0.15) is 65.1 Å². The number of ether oxygens (including phenoxy) is 1. The highest BCUT2D eigenvalue weighted by Gasteiger charge is 2.26. The summed E-state index contributed by atoms with van der Waals surface area (Å²) in [5.41, 5.74) is 0.585. The Morgan fingerprint density at radius 1 is 1.29 bits per heavy atom. The molecule has 3 rings (SSSR count). The van der Waals surface area contributed by atoms with E-state index in [-0.39, 0.29) is 23.2 Å². The minimum atomic E-state index is -2.90. The SMILES string of the molecule is C[C@@H]1CCC[C@H](NC(=O)OC(C)(C)C)c2cncc(c2)-c2c(cnn2C(F)F)NC1=O. The maximum atomic E-state index is 13.6. The lowest BCUT2D eigenvalue weighted by molar-refractivity contribution is -0.119. The fraction of sp³-hybridized carbons (Fsp3) is 0.524. The van der Waals surface area contributed by atoms with Crippen molar-refractivity contribution >= 4 is 17.7 Å². The van der Waals surface area contributed by atoms with Crippen LogP contribution < -0.4 is 10.6 Å². The van der Waals surface area contributed by atoms with E-state index in [1.165, 1.54) is 12.4 Å². The van der Waals surface area contributed by atoms with Crippen molar-refractivity contribution in [1.29, 1.82) is 0 Å². The third-order valence-corrected chi connectivity index (χ3v) is 4.94. The first-order chi connectivity index (χ1) is 14.5. The monoisotopic (exact) mass is 435 g/mol. The van der Waals surface area contributed by atoms with E-state index in [9.17, 15) is 18.4 Å². The zero-order valence-corrected chi connectivity index (χ0v) is 18.0. The van der Waals surface area contributed by atoms with Gasteiger partial charge in [-0.05, 0) is 45.2 Å². The Hall–Kier alpha value is -3.04. The molecule has 2 aromatic rings. The zero-order valence-electron chi connectivity index (χ0n) is 18.0. The lowest BCUT2D eigenvalue weighted by Gasteiger charge is -2.25. The van der Waals surface area contributed by atoms with E-state index in [2.05, 4.69) is 20.7 Å². The van der Waals surface area contributed by atoms with Gasteiger partial charge in [0.05, 0.1) is 23.6 Å². The molecule has 2 N–H and O–H groups in total. The van der Waals surface area contributed by atoms with E-state index < -0.39 is 24.3 Å². The summed E-state index contributed by atoms with van der Waals surface area (Å²) in [6, 6.07) is 1.22. The molecule has 1 aliphatic heterocycles. The van der Waals surface area contributed by atoms with E-state index in [0.29, 0.717) is 35.1 Å². The van der Waals surface area contributed by atoms with Crippen molar-refractivity contribution in [2.75, 3.05) is 5.32 Å². The Morgan fingerprint density at radius 2 is 2.03 bits per heavy atom. The summed E-state index contributed by atoms with van der Waals surface area (Å²) in [6.07, 6.45) is 5.38. The summed E-state index contributed by atoms with van der Waals surface area (Å²) >= 11 is 0. The number of hydrogen-bond donors (Lipinski definition) is 2. The topological polar surface area (TPSA) is 98.1 Å². The van der Waals surface area contributed by atoms with Crippen LogP contribution in [0.3, 0.4) is 0 Å². The predicted molar refractivity (Wildman–Crippen MR) is 110 cm³/mol. The number of amides is 2. The molecule has 2 bridgehead atoms. The van der Waals surface area contributed by atoms with Crippen LogP contribution in [0.4, 0.5) is 19.3 Å². The normalized spacial score (nSPS) is 19.6. The average molecular weight is 435 g/mol. The van der Waals surface area contributed by atoms with Crippen LogP contribution >= 0.6 is 0 Å². The molecule has 168 valence electrons. The minimum Gasteiger partial charge on any atom is -0.444 e. The highest BCUT2D eigenvalue weighted by atomic mass is 19.3. The fourth-order valence-electron chi connectivity index (χ4n) is 3.45.